The van der Waals surface area contributed by atoms with Gasteiger partial charge < -0.3 is 13.7 Å². The normalized spacial score (nSPS) is 12.5. The maximum atomic E-state index is 11.8. The van der Waals surface area contributed by atoms with Crippen molar-refractivity contribution < 1.29 is 18.5 Å². The van der Waals surface area contributed by atoms with Gasteiger partial charge in [-0.15, -0.1) is 0 Å². The Morgan fingerprint density at radius 2 is 2.12 bits per heavy atom. The molecular formula is C9H14BrNO4SSi. The number of hydrogen-bond donors (Lipinski definition) is 0. The minimum absolute atomic E-state index is 0.0240. The molecule has 17 heavy (non-hydrogen) atoms. The lowest BCUT2D eigenvalue weighted by Gasteiger charge is -2.15. The summed E-state index contributed by atoms with van der Waals surface area (Å²) in [7, 11) is -3.76. The van der Waals surface area contributed by atoms with Crippen LogP contribution in [0.3, 0.4) is 0 Å². The van der Waals surface area contributed by atoms with E-state index in [1.165, 1.54) is 0 Å². The van der Waals surface area contributed by atoms with E-state index in [4.69, 9.17) is 9.16 Å². The Labute approximate surface area is 112 Å². The second kappa shape index (κ2) is 5.47. The molecule has 0 saturated heterocycles. The molecule has 8 heteroatoms. The number of aromatic nitrogens is 1. The molecule has 1 atom stereocenters. The van der Waals surface area contributed by atoms with Gasteiger partial charge in [-0.25, -0.2) is 4.79 Å². The first-order valence-electron chi connectivity index (χ1n) is 5.03. The number of halogens is 1. The molecule has 1 rings (SSSR count). The summed E-state index contributed by atoms with van der Waals surface area (Å²) in [5.41, 5.74) is 0. The standard InChI is InChI=1S/C9H14BrNO4SSi/c1-5-14-8-6(10)7(16(13)11-8)9(12)15-17(2,3)4/h5H2,1-4H3. The summed E-state index contributed by atoms with van der Waals surface area (Å²) in [5, 5.41) is 0. The van der Waals surface area contributed by atoms with Crippen LogP contribution in [0.15, 0.2) is 4.47 Å². The highest BCUT2D eigenvalue weighted by atomic mass is 79.9. The topological polar surface area (TPSA) is 71.5 Å². The Kier molecular flexibility index (Phi) is 4.70. The molecule has 0 aliphatic carbocycles. The summed E-state index contributed by atoms with van der Waals surface area (Å²) in [6.07, 6.45) is 0. The number of carbonyl (C=O) groups excluding carboxylic acids is 1. The molecule has 0 radical (unpaired) electrons. The third-order valence-corrected chi connectivity index (χ3v) is 4.44. The molecule has 0 amide bonds. The van der Waals surface area contributed by atoms with Gasteiger partial charge in [0.15, 0.2) is 4.47 Å². The van der Waals surface area contributed by atoms with Gasteiger partial charge in [-0.1, -0.05) is 0 Å². The van der Waals surface area contributed by atoms with Crippen molar-refractivity contribution in [3.8, 4) is 5.88 Å². The molecule has 0 N–H and O–H groups in total. The van der Waals surface area contributed by atoms with E-state index in [-0.39, 0.29) is 10.8 Å². The van der Waals surface area contributed by atoms with E-state index >= 15 is 0 Å². The summed E-state index contributed by atoms with van der Waals surface area (Å²) in [5.74, 6) is -0.402. The molecule has 1 heterocycles. The molecule has 0 bridgehead atoms. The van der Waals surface area contributed by atoms with Crippen molar-refractivity contribution in [2.24, 2.45) is 0 Å². The zero-order chi connectivity index (χ0) is 13.2. The van der Waals surface area contributed by atoms with Crippen molar-refractivity contribution in [2.75, 3.05) is 6.61 Å². The van der Waals surface area contributed by atoms with Crippen LogP contribution in [0.25, 0.3) is 0 Å². The second-order valence-electron chi connectivity index (χ2n) is 4.22. The fourth-order valence-corrected chi connectivity index (χ4v) is 3.49. The predicted molar refractivity (Wildman–Crippen MR) is 70.5 cm³/mol. The molecule has 0 aliphatic heterocycles. The van der Waals surface area contributed by atoms with E-state index in [0.717, 1.165) is 0 Å². The molecule has 0 fully saturated rings. The lowest BCUT2D eigenvalue weighted by atomic mass is 10.5. The van der Waals surface area contributed by atoms with Crippen molar-refractivity contribution in [3.05, 3.63) is 9.35 Å². The first-order valence-corrected chi connectivity index (χ1v) is 10.3. The SMILES string of the molecule is CCOc1n[s+]([O-])c(C(=O)O[Si](C)(C)C)c1Br. The van der Waals surface area contributed by atoms with Crippen molar-refractivity contribution in [1.29, 1.82) is 0 Å². The van der Waals surface area contributed by atoms with Gasteiger partial charge in [-0.2, -0.15) is 0 Å². The maximum Gasteiger partial charge on any atom is 0.382 e. The maximum absolute atomic E-state index is 11.8. The smallest absolute Gasteiger partial charge is 0.382 e. The lowest BCUT2D eigenvalue weighted by Crippen LogP contribution is -2.29. The van der Waals surface area contributed by atoms with Crippen LogP contribution in [-0.4, -0.2) is 29.8 Å². The average Bonchev–Trinajstić information content (AvgIpc) is 2.39. The van der Waals surface area contributed by atoms with E-state index < -0.39 is 25.2 Å². The number of hydrogen-bond acceptors (Lipinski definition) is 5. The van der Waals surface area contributed by atoms with Crippen molar-refractivity contribution in [2.45, 2.75) is 26.6 Å². The third-order valence-electron chi connectivity index (χ3n) is 1.59. The molecule has 0 aliphatic rings. The molecule has 0 spiro atoms. The van der Waals surface area contributed by atoms with Gasteiger partial charge in [0.2, 0.25) is 8.32 Å². The monoisotopic (exact) mass is 339 g/mol. The highest BCUT2D eigenvalue weighted by Gasteiger charge is 2.33. The molecule has 1 aromatic heterocycles. The summed E-state index contributed by atoms with van der Waals surface area (Å²) in [4.78, 5) is 11.9. The van der Waals surface area contributed by atoms with Crippen LogP contribution < -0.4 is 4.74 Å². The van der Waals surface area contributed by atoms with Gasteiger partial charge in [0.25, 0.3) is 10.8 Å². The number of ether oxygens (including phenoxy) is 1. The van der Waals surface area contributed by atoms with E-state index in [1.807, 2.05) is 19.6 Å². The Morgan fingerprint density at radius 1 is 1.53 bits per heavy atom. The minimum atomic E-state index is -2.02. The molecule has 1 aromatic rings. The van der Waals surface area contributed by atoms with Crippen molar-refractivity contribution in [1.82, 2.24) is 4.37 Å². The summed E-state index contributed by atoms with van der Waals surface area (Å²) >= 11 is 3.17. The largest absolute Gasteiger partial charge is 0.568 e. The van der Waals surface area contributed by atoms with E-state index in [9.17, 15) is 9.35 Å². The van der Waals surface area contributed by atoms with Gasteiger partial charge in [-0.05, 0) is 42.5 Å². The quantitative estimate of drug-likeness (QED) is 0.622. The highest BCUT2D eigenvalue weighted by molar-refractivity contribution is 9.10. The van der Waals surface area contributed by atoms with Crippen LogP contribution in [-0.2, 0) is 4.43 Å². The highest BCUT2D eigenvalue weighted by Crippen LogP contribution is 2.36. The van der Waals surface area contributed by atoms with Crippen molar-refractivity contribution >= 4 is 41.2 Å². The predicted octanol–water partition coefficient (Wildman–Crippen LogP) is 2.96. The van der Waals surface area contributed by atoms with E-state index in [1.54, 1.807) is 6.92 Å². The van der Waals surface area contributed by atoms with Crippen LogP contribution in [0.5, 0.6) is 5.88 Å². The van der Waals surface area contributed by atoms with Gasteiger partial charge >= 0.3 is 5.97 Å². The summed E-state index contributed by atoms with van der Waals surface area (Å²) in [6, 6.07) is 0. The fraction of sp³-hybridized carbons (Fsp3) is 0.556. The van der Waals surface area contributed by atoms with Gasteiger partial charge in [0.05, 0.1) is 17.6 Å². The molecule has 0 saturated carbocycles. The molecule has 5 nitrogen and oxygen atoms in total. The number of carbonyl (C=O) groups is 1. The van der Waals surface area contributed by atoms with Crippen LogP contribution in [0, 0.1) is 0 Å². The first-order chi connectivity index (χ1) is 7.76. The van der Waals surface area contributed by atoms with Crippen LogP contribution >= 0.6 is 26.9 Å². The van der Waals surface area contributed by atoms with Gasteiger partial charge in [-0.3, -0.25) is 0 Å². The fourth-order valence-electron chi connectivity index (χ4n) is 1.05. The van der Waals surface area contributed by atoms with Crippen molar-refractivity contribution in [3.63, 3.8) is 0 Å². The van der Waals surface area contributed by atoms with Crippen LogP contribution in [0.1, 0.15) is 16.6 Å². The first kappa shape index (κ1) is 14.6. The van der Waals surface area contributed by atoms with E-state index in [2.05, 4.69) is 20.3 Å². The third kappa shape index (κ3) is 3.77. The van der Waals surface area contributed by atoms with E-state index in [0.29, 0.717) is 11.1 Å². The Morgan fingerprint density at radius 3 is 2.59 bits per heavy atom. The molecular weight excluding hydrogens is 326 g/mol. The lowest BCUT2D eigenvalue weighted by molar-refractivity contribution is 0.0727. The molecule has 96 valence electrons. The zero-order valence-electron chi connectivity index (χ0n) is 10.1. The zero-order valence-corrected chi connectivity index (χ0v) is 13.5. The molecule has 0 aromatic carbocycles. The number of nitrogens with zero attached hydrogens (tertiary/aromatic N) is 1. The number of rotatable bonds is 4. The van der Waals surface area contributed by atoms with Gasteiger partial charge in [0.1, 0.15) is 0 Å². The minimum Gasteiger partial charge on any atom is -0.568 e. The second-order valence-corrected chi connectivity index (χ2v) is 10.5. The van der Waals surface area contributed by atoms with Gasteiger partial charge in [0, 0.05) is 4.37 Å². The van der Waals surface area contributed by atoms with Crippen LogP contribution in [0.2, 0.25) is 19.6 Å². The molecule has 1 unspecified atom stereocenters. The summed E-state index contributed by atoms with van der Waals surface area (Å²) in [6.45, 7) is 7.80. The Hall–Kier alpha value is -0.443. The average molecular weight is 340 g/mol. The van der Waals surface area contributed by atoms with Crippen LogP contribution in [0.4, 0.5) is 0 Å². The summed E-state index contributed by atoms with van der Waals surface area (Å²) < 4.78 is 26.2. The Bertz CT molecular complexity index is 429. The Balaban J connectivity index is 3.02.